The van der Waals surface area contributed by atoms with E-state index in [4.69, 9.17) is 5.73 Å². The molecule has 0 saturated carbocycles. The van der Waals surface area contributed by atoms with E-state index in [2.05, 4.69) is 15.6 Å². The van der Waals surface area contributed by atoms with Crippen LogP contribution in [-0.2, 0) is 4.79 Å². The molecule has 6 heteroatoms. The Balaban J connectivity index is 2.41. The fourth-order valence-corrected chi connectivity index (χ4v) is 2.58. The predicted octanol–water partition coefficient (Wildman–Crippen LogP) is 2.44. The van der Waals surface area contributed by atoms with Gasteiger partial charge < -0.3 is 16.4 Å². The number of amides is 2. The van der Waals surface area contributed by atoms with E-state index in [-0.39, 0.29) is 11.8 Å². The van der Waals surface area contributed by atoms with Gasteiger partial charge in [0, 0.05) is 11.9 Å². The summed E-state index contributed by atoms with van der Waals surface area (Å²) in [5, 5.41) is 6.26. The van der Waals surface area contributed by atoms with Crippen LogP contribution in [0.15, 0.2) is 30.3 Å². The van der Waals surface area contributed by atoms with Gasteiger partial charge in [0.1, 0.15) is 5.82 Å². The minimum absolute atomic E-state index is 0.198. The van der Waals surface area contributed by atoms with Crippen LogP contribution in [0.1, 0.15) is 44.0 Å². The van der Waals surface area contributed by atoms with E-state index < -0.39 is 5.54 Å². The number of carbonyl (C=O) groups excluding carboxylic acids is 2. The summed E-state index contributed by atoms with van der Waals surface area (Å²) in [4.78, 5) is 29.1. The van der Waals surface area contributed by atoms with Crippen molar-refractivity contribution in [3.63, 3.8) is 0 Å². The molecule has 0 aliphatic rings. The first-order valence-electron chi connectivity index (χ1n) is 8.17. The summed E-state index contributed by atoms with van der Waals surface area (Å²) in [6.07, 6.45) is 1.37. The number of pyridine rings is 1. The minimum atomic E-state index is -0.978. The number of para-hydroxylation sites is 1. The van der Waals surface area contributed by atoms with Gasteiger partial charge in [0.15, 0.2) is 0 Å². The zero-order valence-electron chi connectivity index (χ0n) is 14.3. The lowest BCUT2D eigenvalue weighted by Gasteiger charge is -2.22. The molecule has 0 radical (unpaired) electrons. The van der Waals surface area contributed by atoms with Gasteiger partial charge in [0.25, 0.3) is 5.91 Å². The first-order chi connectivity index (χ1) is 11.4. The van der Waals surface area contributed by atoms with Crippen LogP contribution < -0.4 is 16.4 Å². The van der Waals surface area contributed by atoms with E-state index >= 15 is 0 Å². The second-order valence-electron chi connectivity index (χ2n) is 6.05. The maximum Gasteiger partial charge on any atom is 0.252 e. The second-order valence-corrected chi connectivity index (χ2v) is 6.05. The Labute approximate surface area is 141 Å². The summed E-state index contributed by atoms with van der Waals surface area (Å²) >= 11 is 0. The quantitative estimate of drug-likeness (QED) is 0.758. The first-order valence-corrected chi connectivity index (χ1v) is 8.17. The van der Waals surface area contributed by atoms with Crippen LogP contribution in [0.4, 0.5) is 5.82 Å². The molecule has 0 fully saturated rings. The molecule has 1 atom stereocenters. The number of benzene rings is 1. The fourth-order valence-electron chi connectivity index (χ4n) is 2.58. The van der Waals surface area contributed by atoms with Crippen molar-refractivity contribution < 1.29 is 9.59 Å². The molecule has 4 N–H and O–H groups in total. The van der Waals surface area contributed by atoms with Gasteiger partial charge in [0.2, 0.25) is 5.91 Å². The third kappa shape index (κ3) is 3.89. The minimum Gasteiger partial charge on any atom is -0.352 e. The molecule has 1 aromatic heterocycles. The number of fused-ring (bicyclic) bond motifs is 1. The number of rotatable bonds is 6. The van der Waals surface area contributed by atoms with E-state index in [9.17, 15) is 9.59 Å². The molecule has 1 unspecified atom stereocenters. The Morgan fingerprint density at radius 2 is 1.96 bits per heavy atom. The van der Waals surface area contributed by atoms with Crippen molar-refractivity contribution in [1.82, 2.24) is 10.3 Å². The van der Waals surface area contributed by atoms with Crippen molar-refractivity contribution >= 4 is 28.5 Å². The Morgan fingerprint density at radius 1 is 1.25 bits per heavy atom. The van der Waals surface area contributed by atoms with Gasteiger partial charge >= 0.3 is 0 Å². The van der Waals surface area contributed by atoms with Gasteiger partial charge in [-0.3, -0.25) is 9.59 Å². The number of hydrogen-bond acceptors (Lipinski definition) is 4. The van der Waals surface area contributed by atoms with E-state index in [1.165, 1.54) is 0 Å². The summed E-state index contributed by atoms with van der Waals surface area (Å²) < 4.78 is 0. The second kappa shape index (κ2) is 7.40. The maximum absolute atomic E-state index is 12.4. The lowest BCUT2D eigenvalue weighted by Crippen LogP contribution is -2.48. The number of nitrogens with two attached hydrogens (primary N) is 1. The molecule has 6 nitrogen and oxygen atoms in total. The summed E-state index contributed by atoms with van der Waals surface area (Å²) in [5.41, 5.74) is 6.20. The molecule has 24 heavy (non-hydrogen) atoms. The SMILES string of the molecule is CCCC(C)(N)C(=O)Nc1cc(C(=O)NCC)c2ccccc2n1. The van der Waals surface area contributed by atoms with Crippen LogP contribution >= 0.6 is 0 Å². The first kappa shape index (κ1) is 17.9. The molecule has 2 amide bonds. The molecule has 1 heterocycles. The third-order valence-electron chi connectivity index (χ3n) is 3.83. The zero-order chi connectivity index (χ0) is 17.7. The summed E-state index contributed by atoms with van der Waals surface area (Å²) in [6, 6.07) is 8.92. The molecule has 0 aliphatic carbocycles. The van der Waals surface area contributed by atoms with Crippen LogP contribution in [0.3, 0.4) is 0 Å². The summed E-state index contributed by atoms with van der Waals surface area (Å²) in [7, 11) is 0. The van der Waals surface area contributed by atoms with Crippen LogP contribution in [0.2, 0.25) is 0 Å². The Kier molecular flexibility index (Phi) is 5.51. The van der Waals surface area contributed by atoms with Gasteiger partial charge in [-0.15, -0.1) is 0 Å². The van der Waals surface area contributed by atoms with Gasteiger partial charge in [0.05, 0.1) is 16.6 Å². The van der Waals surface area contributed by atoms with Gasteiger partial charge in [-0.2, -0.15) is 0 Å². The van der Waals surface area contributed by atoms with Gasteiger partial charge in [-0.25, -0.2) is 4.98 Å². The monoisotopic (exact) mass is 328 g/mol. The van der Waals surface area contributed by atoms with Crippen molar-refractivity contribution in [2.45, 2.75) is 39.2 Å². The molecule has 1 aromatic carbocycles. The van der Waals surface area contributed by atoms with E-state index in [0.29, 0.717) is 29.9 Å². The number of nitrogens with zero attached hydrogens (tertiary/aromatic N) is 1. The number of hydrogen-bond donors (Lipinski definition) is 3. The smallest absolute Gasteiger partial charge is 0.252 e. The van der Waals surface area contributed by atoms with Crippen molar-refractivity contribution in [1.29, 1.82) is 0 Å². The maximum atomic E-state index is 12.4. The highest BCUT2D eigenvalue weighted by Gasteiger charge is 2.27. The van der Waals surface area contributed by atoms with E-state index in [1.54, 1.807) is 19.1 Å². The Bertz CT molecular complexity index is 756. The van der Waals surface area contributed by atoms with E-state index in [1.807, 2.05) is 32.0 Å². The number of nitrogens with one attached hydrogen (secondary N) is 2. The molecule has 0 saturated heterocycles. The number of aromatic nitrogens is 1. The molecule has 0 bridgehead atoms. The van der Waals surface area contributed by atoms with Crippen LogP contribution in [0.25, 0.3) is 10.9 Å². The van der Waals surface area contributed by atoms with Crippen molar-refractivity contribution in [3.8, 4) is 0 Å². The highest BCUT2D eigenvalue weighted by Crippen LogP contribution is 2.22. The van der Waals surface area contributed by atoms with Crippen LogP contribution in [0, 0.1) is 0 Å². The van der Waals surface area contributed by atoms with Crippen molar-refractivity contribution in [2.75, 3.05) is 11.9 Å². The predicted molar refractivity (Wildman–Crippen MR) is 95.9 cm³/mol. The van der Waals surface area contributed by atoms with Gasteiger partial charge in [-0.05, 0) is 32.4 Å². The molecule has 2 aromatic rings. The third-order valence-corrected chi connectivity index (χ3v) is 3.83. The van der Waals surface area contributed by atoms with E-state index in [0.717, 1.165) is 11.8 Å². The fraction of sp³-hybridized carbons (Fsp3) is 0.389. The molecule has 0 aliphatic heterocycles. The average Bonchev–Trinajstić information content (AvgIpc) is 2.54. The molecular formula is C18H24N4O2. The average molecular weight is 328 g/mol. The van der Waals surface area contributed by atoms with Gasteiger partial charge in [-0.1, -0.05) is 31.5 Å². The lowest BCUT2D eigenvalue weighted by atomic mass is 9.96. The lowest BCUT2D eigenvalue weighted by molar-refractivity contribution is -0.120. The van der Waals surface area contributed by atoms with Crippen LogP contribution in [0.5, 0.6) is 0 Å². The molecule has 2 rings (SSSR count). The largest absolute Gasteiger partial charge is 0.352 e. The number of anilines is 1. The Morgan fingerprint density at radius 3 is 2.62 bits per heavy atom. The highest BCUT2D eigenvalue weighted by molar-refractivity contribution is 6.08. The summed E-state index contributed by atoms with van der Waals surface area (Å²) in [6.45, 7) is 6.04. The summed E-state index contributed by atoms with van der Waals surface area (Å²) in [5.74, 6) is -0.183. The topological polar surface area (TPSA) is 97.1 Å². The van der Waals surface area contributed by atoms with Crippen molar-refractivity contribution in [2.24, 2.45) is 5.73 Å². The molecule has 0 spiro atoms. The zero-order valence-corrected chi connectivity index (χ0v) is 14.3. The molecule has 128 valence electrons. The highest BCUT2D eigenvalue weighted by atomic mass is 16.2. The Hall–Kier alpha value is -2.47. The number of carbonyl (C=O) groups is 2. The molecular weight excluding hydrogens is 304 g/mol. The van der Waals surface area contributed by atoms with Crippen molar-refractivity contribution in [3.05, 3.63) is 35.9 Å². The van der Waals surface area contributed by atoms with Crippen LogP contribution in [-0.4, -0.2) is 28.9 Å². The standard InChI is InChI=1S/C18H24N4O2/c1-4-10-18(3,19)17(24)22-15-11-13(16(23)20-5-2)12-8-6-7-9-14(12)21-15/h6-9,11H,4-5,10,19H2,1-3H3,(H,20,23)(H,21,22,24). The normalized spacial score (nSPS) is 13.3.